The van der Waals surface area contributed by atoms with Gasteiger partial charge in [0.05, 0.1) is 15.1 Å². The first-order valence-corrected chi connectivity index (χ1v) is 8.48. The summed E-state index contributed by atoms with van der Waals surface area (Å²) in [7, 11) is 1.95. The van der Waals surface area contributed by atoms with E-state index in [0.29, 0.717) is 10.8 Å². The Morgan fingerprint density at radius 1 is 1.29 bits per heavy atom. The Labute approximate surface area is 131 Å². The quantitative estimate of drug-likeness (QED) is 0.699. The van der Waals surface area contributed by atoms with Gasteiger partial charge in [-0.1, -0.05) is 37.3 Å². The Balaban J connectivity index is 2.11. The number of amides is 1. The predicted octanol–water partition coefficient (Wildman–Crippen LogP) is 4.17. The molecule has 0 aliphatic carbocycles. The summed E-state index contributed by atoms with van der Waals surface area (Å²) >= 11 is 2.98. The van der Waals surface area contributed by atoms with Gasteiger partial charge in [0.15, 0.2) is 4.80 Å². The van der Waals surface area contributed by atoms with Crippen LogP contribution in [0.25, 0.3) is 10.2 Å². The normalized spacial score (nSPS) is 12.5. The summed E-state index contributed by atoms with van der Waals surface area (Å²) in [6, 6.07) is 10.1. The van der Waals surface area contributed by atoms with Crippen molar-refractivity contribution in [2.24, 2.45) is 12.0 Å². The number of carbonyl (C=O) groups is 1. The molecule has 0 unspecified atom stereocenters. The van der Waals surface area contributed by atoms with Crippen molar-refractivity contribution >= 4 is 38.8 Å². The molecule has 0 spiro atoms. The molecule has 5 heteroatoms. The number of aryl methyl sites for hydroxylation is 1. The minimum absolute atomic E-state index is 0.170. The van der Waals surface area contributed by atoms with Crippen molar-refractivity contribution in [3.8, 4) is 0 Å². The van der Waals surface area contributed by atoms with Crippen LogP contribution in [0.2, 0.25) is 0 Å². The lowest BCUT2D eigenvalue weighted by Gasteiger charge is -2.04. The van der Waals surface area contributed by atoms with Gasteiger partial charge in [-0.25, -0.2) is 0 Å². The maximum absolute atomic E-state index is 12.1. The van der Waals surface area contributed by atoms with E-state index in [4.69, 9.17) is 0 Å². The maximum atomic E-state index is 12.1. The van der Waals surface area contributed by atoms with Crippen molar-refractivity contribution in [1.82, 2.24) is 4.57 Å². The van der Waals surface area contributed by atoms with Gasteiger partial charge in [-0.15, -0.1) is 11.3 Å². The van der Waals surface area contributed by atoms with Crippen LogP contribution in [0.3, 0.4) is 0 Å². The summed E-state index contributed by atoms with van der Waals surface area (Å²) in [5, 5.41) is 1.89. The van der Waals surface area contributed by atoms with Crippen LogP contribution >= 0.6 is 22.7 Å². The average Bonchev–Trinajstić information content (AvgIpc) is 3.08. The van der Waals surface area contributed by atoms with Gasteiger partial charge in [0.2, 0.25) is 0 Å². The lowest BCUT2D eigenvalue weighted by atomic mass is 10.0. The summed E-state index contributed by atoms with van der Waals surface area (Å²) in [6.07, 6.45) is 0. The highest BCUT2D eigenvalue weighted by Crippen LogP contribution is 2.23. The topological polar surface area (TPSA) is 34.4 Å². The summed E-state index contributed by atoms with van der Waals surface area (Å²) in [5.41, 5.74) is 2.42. The second-order valence-electron chi connectivity index (χ2n) is 5.22. The first-order valence-electron chi connectivity index (χ1n) is 6.78. The number of rotatable bonds is 2. The van der Waals surface area contributed by atoms with Crippen LogP contribution < -0.4 is 4.80 Å². The number of thiophene rings is 1. The van der Waals surface area contributed by atoms with Crippen LogP contribution in [-0.2, 0) is 7.05 Å². The smallest absolute Gasteiger partial charge is 0.289 e. The number of thiazole rings is 1. The van der Waals surface area contributed by atoms with Crippen molar-refractivity contribution in [2.45, 2.75) is 19.8 Å². The summed E-state index contributed by atoms with van der Waals surface area (Å²) < 4.78 is 3.15. The molecule has 3 aromatic rings. The molecule has 21 heavy (non-hydrogen) atoms. The second-order valence-corrected chi connectivity index (χ2v) is 7.18. The van der Waals surface area contributed by atoms with Gasteiger partial charge < -0.3 is 4.57 Å². The highest BCUT2D eigenvalue weighted by Gasteiger charge is 2.09. The van der Waals surface area contributed by atoms with Crippen LogP contribution in [0.5, 0.6) is 0 Å². The lowest BCUT2D eigenvalue weighted by molar-refractivity contribution is 0.100. The molecule has 108 valence electrons. The average molecular weight is 316 g/mol. The Bertz CT molecular complexity index is 854. The van der Waals surface area contributed by atoms with Crippen LogP contribution in [0, 0.1) is 0 Å². The SMILES string of the molecule is CC(C)c1ccc2c(c1)sc(=NC(=O)c1cccs1)n2C. The number of aromatic nitrogens is 1. The van der Waals surface area contributed by atoms with Crippen molar-refractivity contribution in [2.75, 3.05) is 0 Å². The number of hydrogen-bond acceptors (Lipinski definition) is 3. The van der Waals surface area contributed by atoms with E-state index >= 15 is 0 Å². The molecule has 0 saturated heterocycles. The molecule has 0 N–H and O–H groups in total. The van der Waals surface area contributed by atoms with Gasteiger partial charge in [-0.3, -0.25) is 4.79 Å². The first-order chi connectivity index (χ1) is 10.1. The maximum Gasteiger partial charge on any atom is 0.289 e. The fourth-order valence-corrected chi connectivity index (χ4v) is 3.83. The molecule has 0 fully saturated rings. The molecular weight excluding hydrogens is 300 g/mol. The zero-order chi connectivity index (χ0) is 15.0. The molecule has 1 aromatic carbocycles. The number of fused-ring (bicyclic) bond motifs is 1. The third-order valence-electron chi connectivity index (χ3n) is 3.43. The predicted molar refractivity (Wildman–Crippen MR) is 89.1 cm³/mol. The Kier molecular flexibility index (Phi) is 3.78. The van der Waals surface area contributed by atoms with E-state index in [1.165, 1.54) is 21.6 Å². The molecule has 1 amide bonds. The third kappa shape index (κ3) is 2.71. The van der Waals surface area contributed by atoms with E-state index in [2.05, 4.69) is 37.0 Å². The van der Waals surface area contributed by atoms with Gasteiger partial charge in [0.1, 0.15) is 0 Å². The Morgan fingerprint density at radius 2 is 2.10 bits per heavy atom. The van der Waals surface area contributed by atoms with Gasteiger partial charge in [-0.2, -0.15) is 4.99 Å². The zero-order valence-electron chi connectivity index (χ0n) is 12.2. The standard InChI is InChI=1S/C16H16N2OS2/c1-10(2)11-6-7-12-14(9-11)21-16(18(12)3)17-15(19)13-5-4-8-20-13/h4-10H,1-3H3. The van der Waals surface area contributed by atoms with Crippen LogP contribution in [0.1, 0.15) is 35.0 Å². The van der Waals surface area contributed by atoms with Crippen LogP contribution in [0.15, 0.2) is 40.7 Å². The minimum atomic E-state index is -0.170. The fourth-order valence-electron chi connectivity index (χ4n) is 2.16. The van der Waals surface area contributed by atoms with Crippen molar-refractivity contribution in [3.05, 3.63) is 51.0 Å². The highest BCUT2D eigenvalue weighted by molar-refractivity contribution is 7.16. The highest BCUT2D eigenvalue weighted by atomic mass is 32.1. The second kappa shape index (κ2) is 5.58. The molecule has 0 radical (unpaired) electrons. The molecule has 3 rings (SSSR count). The van der Waals surface area contributed by atoms with Gasteiger partial charge >= 0.3 is 0 Å². The molecule has 0 bridgehead atoms. The number of hydrogen-bond donors (Lipinski definition) is 0. The van der Waals surface area contributed by atoms with Crippen molar-refractivity contribution in [3.63, 3.8) is 0 Å². The largest absolute Gasteiger partial charge is 0.319 e. The van der Waals surface area contributed by atoms with E-state index in [1.807, 2.05) is 23.1 Å². The summed E-state index contributed by atoms with van der Waals surface area (Å²) in [6.45, 7) is 4.36. The fraction of sp³-hybridized carbons (Fsp3) is 0.250. The number of benzene rings is 1. The first kappa shape index (κ1) is 14.2. The summed E-state index contributed by atoms with van der Waals surface area (Å²) in [5.74, 6) is 0.325. The monoisotopic (exact) mass is 316 g/mol. The van der Waals surface area contributed by atoms with E-state index < -0.39 is 0 Å². The van der Waals surface area contributed by atoms with Crippen LogP contribution in [0.4, 0.5) is 0 Å². The van der Waals surface area contributed by atoms with E-state index in [1.54, 1.807) is 17.4 Å². The van der Waals surface area contributed by atoms with Gasteiger partial charge in [-0.05, 0) is 35.1 Å². The van der Waals surface area contributed by atoms with Crippen molar-refractivity contribution in [1.29, 1.82) is 0 Å². The van der Waals surface area contributed by atoms with E-state index in [-0.39, 0.29) is 5.91 Å². The van der Waals surface area contributed by atoms with Crippen LogP contribution in [-0.4, -0.2) is 10.5 Å². The van der Waals surface area contributed by atoms with E-state index in [0.717, 1.165) is 10.3 Å². The zero-order valence-corrected chi connectivity index (χ0v) is 13.8. The molecule has 2 heterocycles. The Morgan fingerprint density at radius 3 is 2.76 bits per heavy atom. The van der Waals surface area contributed by atoms with Gasteiger partial charge in [0.25, 0.3) is 5.91 Å². The molecule has 0 aliphatic heterocycles. The van der Waals surface area contributed by atoms with Gasteiger partial charge in [0, 0.05) is 7.05 Å². The molecular formula is C16H16N2OS2. The van der Waals surface area contributed by atoms with Crippen molar-refractivity contribution < 1.29 is 4.79 Å². The number of carbonyl (C=O) groups excluding carboxylic acids is 1. The molecule has 0 saturated carbocycles. The minimum Gasteiger partial charge on any atom is -0.319 e. The van der Waals surface area contributed by atoms with E-state index in [9.17, 15) is 4.79 Å². The molecule has 0 atom stereocenters. The third-order valence-corrected chi connectivity index (χ3v) is 5.38. The molecule has 2 aromatic heterocycles. The number of nitrogens with zero attached hydrogens (tertiary/aromatic N) is 2. The Hall–Kier alpha value is -1.72. The summed E-state index contributed by atoms with van der Waals surface area (Å²) in [4.78, 5) is 17.8. The lowest BCUT2D eigenvalue weighted by Crippen LogP contribution is -2.12. The molecule has 3 nitrogen and oxygen atoms in total. The molecule has 0 aliphatic rings.